The molecule has 24 heavy (non-hydrogen) atoms. The summed E-state index contributed by atoms with van der Waals surface area (Å²) < 4.78 is 23.2. The van der Waals surface area contributed by atoms with Gasteiger partial charge in [-0.2, -0.15) is 0 Å². The fraction of sp³-hybridized carbons (Fsp3) is 0.389. The standard InChI is InChI=1S/C18H23NO4S/c1-13(5-2-10-17(20)21)11-12-19-15-8-3-6-14-7-4-9-16(18(14)15)24(19,22)23/h3-4,6-9,13,22-23H,2,5,10-12H2,1H3,(H,20,21). The molecule has 2 aromatic rings. The van der Waals surface area contributed by atoms with Crippen LogP contribution in [0.15, 0.2) is 41.3 Å². The highest BCUT2D eigenvalue weighted by molar-refractivity contribution is 8.26. The van der Waals surface area contributed by atoms with Crippen LogP contribution in [0.3, 0.4) is 0 Å². The van der Waals surface area contributed by atoms with Gasteiger partial charge < -0.3 is 5.11 Å². The van der Waals surface area contributed by atoms with Gasteiger partial charge in [-0.3, -0.25) is 18.2 Å². The Morgan fingerprint density at radius 2 is 1.88 bits per heavy atom. The van der Waals surface area contributed by atoms with E-state index in [4.69, 9.17) is 5.11 Å². The lowest BCUT2D eigenvalue weighted by atomic mass is 10.0. The summed E-state index contributed by atoms with van der Waals surface area (Å²) in [6.07, 6.45) is 2.47. The summed E-state index contributed by atoms with van der Waals surface area (Å²) >= 11 is 0. The molecule has 0 amide bonds. The zero-order valence-electron chi connectivity index (χ0n) is 13.7. The molecule has 130 valence electrons. The first kappa shape index (κ1) is 17.1. The Bertz CT molecular complexity index is 757. The topological polar surface area (TPSA) is 81.0 Å². The van der Waals surface area contributed by atoms with Crippen LogP contribution in [0.25, 0.3) is 10.8 Å². The zero-order valence-corrected chi connectivity index (χ0v) is 14.5. The number of hydrogen-bond acceptors (Lipinski definition) is 4. The molecule has 0 bridgehead atoms. The normalized spacial score (nSPS) is 17.9. The number of anilines is 1. The Morgan fingerprint density at radius 3 is 2.58 bits per heavy atom. The maximum atomic E-state index is 10.7. The van der Waals surface area contributed by atoms with Crippen molar-refractivity contribution in [3.63, 3.8) is 0 Å². The van der Waals surface area contributed by atoms with E-state index in [0.29, 0.717) is 23.8 Å². The van der Waals surface area contributed by atoms with E-state index in [1.165, 1.54) is 0 Å². The summed E-state index contributed by atoms with van der Waals surface area (Å²) in [5.74, 6) is -0.430. The second-order valence-electron chi connectivity index (χ2n) is 6.43. The van der Waals surface area contributed by atoms with Gasteiger partial charge in [0, 0.05) is 18.4 Å². The van der Waals surface area contributed by atoms with Crippen molar-refractivity contribution < 1.29 is 19.0 Å². The van der Waals surface area contributed by atoms with Crippen molar-refractivity contribution in [2.75, 3.05) is 10.8 Å². The van der Waals surface area contributed by atoms with Crippen LogP contribution < -0.4 is 4.31 Å². The molecule has 0 saturated carbocycles. The smallest absolute Gasteiger partial charge is 0.303 e. The first-order valence-electron chi connectivity index (χ1n) is 8.20. The van der Waals surface area contributed by atoms with E-state index < -0.39 is 16.7 Å². The SMILES string of the molecule is CC(CCCC(=O)O)CCN1c2cccc3cccc(c23)S1(O)O. The molecule has 0 radical (unpaired) electrons. The molecular formula is C18H23NO4S. The third-order valence-electron chi connectivity index (χ3n) is 4.63. The number of hydrogen-bond donors (Lipinski definition) is 3. The zero-order chi connectivity index (χ0) is 17.3. The molecule has 5 nitrogen and oxygen atoms in total. The molecule has 6 heteroatoms. The molecular weight excluding hydrogens is 326 g/mol. The predicted molar refractivity (Wildman–Crippen MR) is 97.7 cm³/mol. The summed E-state index contributed by atoms with van der Waals surface area (Å²) in [7, 11) is -2.99. The molecule has 1 heterocycles. The number of carbonyl (C=O) groups is 1. The average Bonchev–Trinajstić information content (AvgIpc) is 2.75. The van der Waals surface area contributed by atoms with Crippen LogP contribution in [0.2, 0.25) is 0 Å². The largest absolute Gasteiger partial charge is 0.481 e. The van der Waals surface area contributed by atoms with Crippen molar-refractivity contribution in [2.45, 2.75) is 37.5 Å². The van der Waals surface area contributed by atoms with Crippen molar-refractivity contribution >= 4 is 33.2 Å². The minimum Gasteiger partial charge on any atom is -0.481 e. The third-order valence-corrected chi connectivity index (χ3v) is 6.55. The summed E-state index contributed by atoms with van der Waals surface area (Å²) in [6, 6.07) is 11.5. The Hall–Kier alpha value is -1.76. The lowest BCUT2D eigenvalue weighted by Crippen LogP contribution is -2.26. The Balaban J connectivity index is 1.73. The van der Waals surface area contributed by atoms with Crippen LogP contribution >= 0.6 is 10.8 Å². The van der Waals surface area contributed by atoms with Crippen LogP contribution in [0, 0.1) is 5.92 Å². The minimum atomic E-state index is -2.99. The van der Waals surface area contributed by atoms with E-state index >= 15 is 0 Å². The molecule has 3 N–H and O–H groups in total. The number of rotatable bonds is 7. The van der Waals surface area contributed by atoms with Gasteiger partial charge in [0.25, 0.3) is 0 Å². The molecule has 1 aliphatic rings. The van der Waals surface area contributed by atoms with E-state index in [1.807, 2.05) is 30.3 Å². The van der Waals surface area contributed by atoms with Crippen LogP contribution in [0.1, 0.15) is 32.6 Å². The number of carboxylic acid groups (broad SMARTS) is 1. The van der Waals surface area contributed by atoms with Gasteiger partial charge in [0.05, 0.1) is 10.6 Å². The maximum absolute atomic E-state index is 10.7. The van der Waals surface area contributed by atoms with Gasteiger partial charge in [0.2, 0.25) is 0 Å². The molecule has 0 aliphatic carbocycles. The summed E-state index contributed by atoms with van der Waals surface area (Å²) in [6.45, 7) is 2.63. The van der Waals surface area contributed by atoms with E-state index in [1.54, 1.807) is 10.4 Å². The molecule has 0 fully saturated rings. The van der Waals surface area contributed by atoms with Gasteiger partial charge in [-0.05, 0) is 36.3 Å². The molecule has 0 spiro atoms. The fourth-order valence-electron chi connectivity index (χ4n) is 3.31. The lowest BCUT2D eigenvalue weighted by molar-refractivity contribution is -0.137. The van der Waals surface area contributed by atoms with Crippen LogP contribution in [0.4, 0.5) is 5.69 Å². The van der Waals surface area contributed by atoms with E-state index in [0.717, 1.165) is 29.3 Å². The maximum Gasteiger partial charge on any atom is 0.303 e. The number of carboxylic acids is 1. The van der Waals surface area contributed by atoms with Gasteiger partial charge in [0.15, 0.2) is 0 Å². The number of aliphatic carboxylic acids is 1. The third kappa shape index (κ3) is 3.09. The Kier molecular flexibility index (Phi) is 4.71. The average molecular weight is 349 g/mol. The lowest BCUT2D eigenvalue weighted by Gasteiger charge is -2.39. The number of nitrogens with zero attached hydrogens (tertiary/aromatic N) is 1. The van der Waals surface area contributed by atoms with Crippen molar-refractivity contribution in [1.82, 2.24) is 0 Å². The first-order chi connectivity index (χ1) is 11.4. The minimum absolute atomic E-state index is 0.188. The highest BCUT2D eigenvalue weighted by atomic mass is 32.3. The van der Waals surface area contributed by atoms with Crippen molar-refractivity contribution in [3.8, 4) is 0 Å². The van der Waals surface area contributed by atoms with Gasteiger partial charge >= 0.3 is 5.97 Å². The monoisotopic (exact) mass is 349 g/mol. The van der Waals surface area contributed by atoms with Crippen LogP contribution in [0.5, 0.6) is 0 Å². The van der Waals surface area contributed by atoms with Crippen molar-refractivity contribution in [1.29, 1.82) is 0 Å². The molecule has 1 unspecified atom stereocenters. The second kappa shape index (κ2) is 6.63. The van der Waals surface area contributed by atoms with Gasteiger partial charge in [-0.15, -0.1) is 0 Å². The Labute approximate surface area is 143 Å². The number of benzene rings is 2. The predicted octanol–water partition coefficient (Wildman–Crippen LogP) is 4.97. The van der Waals surface area contributed by atoms with Gasteiger partial charge in [0.1, 0.15) is 0 Å². The summed E-state index contributed by atoms with van der Waals surface area (Å²) in [5, 5.41) is 10.7. The van der Waals surface area contributed by atoms with Gasteiger partial charge in [-0.1, -0.05) is 48.4 Å². The van der Waals surface area contributed by atoms with Gasteiger partial charge in [-0.25, -0.2) is 0 Å². The Morgan fingerprint density at radius 1 is 1.17 bits per heavy atom. The van der Waals surface area contributed by atoms with Crippen LogP contribution in [-0.2, 0) is 4.79 Å². The fourth-order valence-corrected chi connectivity index (χ4v) is 5.09. The highest BCUT2D eigenvalue weighted by Crippen LogP contribution is 2.63. The molecule has 1 atom stereocenters. The molecule has 2 aromatic carbocycles. The van der Waals surface area contributed by atoms with E-state index in [9.17, 15) is 13.9 Å². The second-order valence-corrected chi connectivity index (χ2v) is 8.35. The van der Waals surface area contributed by atoms with Crippen molar-refractivity contribution in [3.05, 3.63) is 36.4 Å². The molecule has 0 aromatic heterocycles. The van der Waals surface area contributed by atoms with Crippen molar-refractivity contribution in [2.24, 2.45) is 5.92 Å². The molecule has 0 saturated heterocycles. The highest BCUT2D eigenvalue weighted by Gasteiger charge is 2.35. The van der Waals surface area contributed by atoms with E-state index in [-0.39, 0.29) is 6.42 Å². The summed E-state index contributed by atoms with van der Waals surface area (Å²) in [5.41, 5.74) is 0.876. The van der Waals surface area contributed by atoms with E-state index in [2.05, 4.69) is 6.92 Å². The first-order valence-corrected chi connectivity index (χ1v) is 9.71. The van der Waals surface area contributed by atoms with Crippen LogP contribution in [-0.4, -0.2) is 26.7 Å². The molecule has 1 aliphatic heterocycles. The quantitative estimate of drug-likeness (QED) is 0.658. The summed E-state index contributed by atoms with van der Waals surface area (Å²) in [4.78, 5) is 11.2. The molecule has 3 rings (SSSR count).